The quantitative estimate of drug-likeness (QED) is 0.569. The Bertz CT molecular complexity index is 180. The number of carbonyl (C=O) groups is 2. The van der Waals surface area contributed by atoms with E-state index in [2.05, 4.69) is 4.74 Å². The lowest BCUT2D eigenvalue weighted by molar-refractivity contribution is -0.141. The van der Waals surface area contributed by atoms with Gasteiger partial charge in [0, 0.05) is 12.8 Å². The second-order valence-corrected chi connectivity index (χ2v) is 2.28. The first-order chi connectivity index (χ1) is 6.06. The molecule has 0 N–H and O–H groups in total. The number of rotatable bonds is 5. The number of hydrogen-bond acceptors (Lipinski definition) is 3. The maximum absolute atomic E-state index is 10.9. The molecule has 0 aliphatic heterocycles. The van der Waals surface area contributed by atoms with E-state index in [1.807, 2.05) is 6.92 Å². The van der Waals surface area contributed by atoms with Crippen molar-refractivity contribution in [2.75, 3.05) is 7.06 Å². The van der Waals surface area contributed by atoms with Crippen molar-refractivity contribution in [3.05, 3.63) is 0 Å². The molecular weight excluding hydrogens is 144 g/mol. The Labute approximate surface area is 69.5 Å². The molecule has 0 spiro atoms. The summed E-state index contributed by atoms with van der Waals surface area (Å²) in [4.78, 5) is 21.7. The van der Waals surface area contributed by atoms with Gasteiger partial charge in [-0.15, -0.1) is 0 Å². The minimum Gasteiger partial charge on any atom is -0.469 e. The molecule has 3 nitrogen and oxygen atoms in total. The van der Waals surface area contributed by atoms with Gasteiger partial charge < -0.3 is 4.74 Å². The Morgan fingerprint density at radius 1 is 1.36 bits per heavy atom. The van der Waals surface area contributed by atoms with Crippen LogP contribution >= 0.6 is 0 Å². The van der Waals surface area contributed by atoms with Gasteiger partial charge in [-0.3, -0.25) is 9.59 Å². The summed E-state index contributed by atoms with van der Waals surface area (Å²) in [6.45, 7) is 1.89. The van der Waals surface area contributed by atoms with Crippen molar-refractivity contribution in [1.29, 1.82) is 0 Å². The minimum absolute atomic E-state index is 0.0194. The van der Waals surface area contributed by atoms with Crippen molar-refractivity contribution in [3.63, 3.8) is 0 Å². The van der Waals surface area contributed by atoms with E-state index < -0.39 is 13.0 Å². The molecule has 0 bridgehead atoms. The molecule has 11 heavy (non-hydrogen) atoms. The maximum atomic E-state index is 10.9. The monoisotopic (exact) mass is 160 g/mol. The first-order valence-electron chi connectivity index (χ1n) is 4.77. The third kappa shape index (κ3) is 5.58. The Balaban J connectivity index is 3.52. The normalized spacial score (nSPS) is 12.2. The molecule has 0 heterocycles. The van der Waals surface area contributed by atoms with Crippen LogP contribution in [-0.2, 0) is 14.3 Å². The lowest BCUT2D eigenvalue weighted by Gasteiger charge is -1.97. The molecule has 64 valence electrons. The van der Waals surface area contributed by atoms with Gasteiger partial charge in [0.2, 0.25) is 0 Å². The number of methoxy groups -OCH3 is 1. The van der Waals surface area contributed by atoms with Crippen molar-refractivity contribution >= 4 is 11.8 Å². The highest BCUT2D eigenvalue weighted by atomic mass is 16.5. The van der Waals surface area contributed by atoms with Gasteiger partial charge in [0.1, 0.15) is 5.78 Å². The number of hydrogen-bond donors (Lipinski definition) is 0. The van der Waals surface area contributed by atoms with E-state index in [1.54, 1.807) is 0 Å². The van der Waals surface area contributed by atoms with E-state index in [0.29, 0.717) is 6.42 Å². The zero-order chi connectivity index (χ0) is 10.3. The number of carbonyl (C=O) groups excluding carboxylic acids is 2. The molecule has 0 aromatic carbocycles. The molecule has 0 radical (unpaired) electrons. The van der Waals surface area contributed by atoms with E-state index in [0.717, 1.165) is 6.42 Å². The van der Waals surface area contributed by atoms with Crippen LogP contribution in [-0.4, -0.2) is 18.8 Å². The summed E-state index contributed by atoms with van der Waals surface area (Å²) in [7, 11) is -1.59. The van der Waals surface area contributed by atoms with Crippen LogP contribution in [0.15, 0.2) is 0 Å². The fraction of sp³-hybridized carbons (Fsp3) is 0.750. The lowest BCUT2D eigenvalue weighted by Crippen LogP contribution is -2.04. The van der Waals surface area contributed by atoms with Crippen LogP contribution in [0.3, 0.4) is 0 Å². The van der Waals surface area contributed by atoms with Gasteiger partial charge in [-0.1, -0.05) is 6.92 Å². The Hall–Kier alpha value is -0.860. The summed E-state index contributed by atoms with van der Waals surface area (Å²) in [5.74, 6) is -0.634. The molecule has 0 aliphatic rings. The molecule has 0 amide bonds. The summed E-state index contributed by atoms with van der Waals surface area (Å²) in [5, 5.41) is 0. The van der Waals surface area contributed by atoms with Crippen LogP contribution in [0.5, 0.6) is 0 Å². The number of esters is 1. The second-order valence-electron chi connectivity index (χ2n) is 2.28. The summed E-state index contributed by atoms with van der Waals surface area (Å²) in [6, 6.07) is 0. The average Bonchev–Trinajstić information content (AvgIpc) is 2.00. The SMILES string of the molecule is [2H]C([2H])OC(=O)CCC(=O)CCC. The third-order valence-electron chi connectivity index (χ3n) is 1.27. The van der Waals surface area contributed by atoms with Gasteiger partial charge in [0.15, 0.2) is 0 Å². The Morgan fingerprint density at radius 2 is 2.09 bits per heavy atom. The molecule has 0 fully saturated rings. The first kappa shape index (κ1) is 6.83. The molecule has 0 aromatic heterocycles. The predicted octanol–water partition coefficient (Wildman–Crippen LogP) is 1.31. The Kier molecular flexibility index (Phi) is 3.65. The van der Waals surface area contributed by atoms with E-state index in [1.165, 1.54) is 0 Å². The molecule has 0 aliphatic carbocycles. The predicted molar refractivity (Wildman–Crippen MR) is 41.2 cm³/mol. The molecule has 0 atom stereocenters. The molecule has 0 aromatic rings. The standard InChI is InChI=1S/C8H14O3/c1-3-4-7(9)5-6-8(10)11-2/h3-6H2,1-2H3/i2D2. The molecular formula is C8H14O3. The van der Waals surface area contributed by atoms with Crippen molar-refractivity contribution in [3.8, 4) is 0 Å². The highest BCUT2D eigenvalue weighted by molar-refractivity contribution is 5.82. The topological polar surface area (TPSA) is 43.4 Å². The van der Waals surface area contributed by atoms with Gasteiger partial charge in [0.25, 0.3) is 0 Å². The van der Waals surface area contributed by atoms with E-state index >= 15 is 0 Å². The molecule has 0 saturated carbocycles. The van der Waals surface area contributed by atoms with Crippen LogP contribution in [0.4, 0.5) is 0 Å². The van der Waals surface area contributed by atoms with Crippen molar-refractivity contribution < 1.29 is 17.1 Å². The van der Waals surface area contributed by atoms with Crippen LogP contribution in [0.1, 0.15) is 35.3 Å². The minimum atomic E-state index is -1.59. The van der Waals surface area contributed by atoms with Crippen LogP contribution < -0.4 is 0 Å². The molecule has 3 heteroatoms. The van der Waals surface area contributed by atoms with Gasteiger partial charge in [-0.05, 0) is 6.42 Å². The number of Topliss-reactive ketones (excluding diaryl/α,β-unsaturated/α-hetero) is 1. The smallest absolute Gasteiger partial charge is 0.305 e. The van der Waals surface area contributed by atoms with E-state index in [-0.39, 0.29) is 18.6 Å². The van der Waals surface area contributed by atoms with Crippen molar-refractivity contribution in [1.82, 2.24) is 0 Å². The van der Waals surface area contributed by atoms with Gasteiger partial charge in [-0.2, -0.15) is 0 Å². The summed E-state index contributed by atoms with van der Waals surface area (Å²) in [5.41, 5.74) is 0. The van der Waals surface area contributed by atoms with Crippen LogP contribution in [0, 0.1) is 0 Å². The van der Waals surface area contributed by atoms with Crippen LogP contribution in [0.25, 0.3) is 0 Å². The fourth-order valence-electron chi connectivity index (χ4n) is 0.704. The molecule has 0 rings (SSSR count). The number of ether oxygens (including phenoxy) is 1. The summed E-state index contributed by atoms with van der Waals surface area (Å²) in [6.07, 6.45) is 1.37. The zero-order valence-electron chi connectivity index (χ0n) is 8.63. The van der Waals surface area contributed by atoms with Gasteiger partial charge in [0.05, 0.1) is 16.2 Å². The van der Waals surface area contributed by atoms with E-state index in [9.17, 15) is 9.59 Å². The first-order valence-corrected chi connectivity index (χ1v) is 3.62. The highest BCUT2D eigenvalue weighted by Crippen LogP contribution is 1.98. The molecule has 0 unspecified atom stereocenters. The van der Waals surface area contributed by atoms with Gasteiger partial charge >= 0.3 is 5.97 Å². The summed E-state index contributed by atoms with van der Waals surface area (Å²) >= 11 is 0. The lowest BCUT2D eigenvalue weighted by atomic mass is 10.1. The van der Waals surface area contributed by atoms with Gasteiger partial charge in [-0.25, -0.2) is 0 Å². The zero-order valence-corrected chi connectivity index (χ0v) is 6.63. The van der Waals surface area contributed by atoms with E-state index in [4.69, 9.17) is 2.74 Å². The van der Waals surface area contributed by atoms with Crippen molar-refractivity contribution in [2.45, 2.75) is 32.6 Å². The maximum Gasteiger partial charge on any atom is 0.305 e. The highest BCUT2D eigenvalue weighted by Gasteiger charge is 2.04. The second kappa shape index (κ2) is 5.89. The van der Waals surface area contributed by atoms with Crippen LogP contribution in [0.2, 0.25) is 0 Å². The van der Waals surface area contributed by atoms with Crippen molar-refractivity contribution in [2.24, 2.45) is 0 Å². The average molecular weight is 160 g/mol. The molecule has 0 saturated heterocycles. The number of ketones is 1. The third-order valence-corrected chi connectivity index (χ3v) is 1.27. The fourth-order valence-corrected chi connectivity index (χ4v) is 0.704. The largest absolute Gasteiger partial charge is 0.469 e. The Morgan fingerprint density at radius 3 is 2.64 bits per heavy atom. The summed E-state index contributed by atoms with van der Waals surface area (Å²) < 4.78 is 17.4.